The lowest BCUT2D eigenvalue weighted by Crippen LogP contribution is -2.44. The number of ether oxygens (including phenoxy) is 1. The smallest absolute Gasteiger partial charge is 0.411 e. The largest absolute Gasteiger partial charge is 0.453 e. The summed E-state index contributed by atoms with van der Waals surface area (Å²) in [7, 11) is 3.48. The van der Waals surface area contributed by atoms with Gasteiger partial charge in [0.25, 0.3) is 5.91 Å². The first-order valence-corrected chi connectivity index (χ1v) is 13.4. The monoisotopic (exact) mass is 532 g/mol. The molecule has 1 aromatic heterocycles. The lowest BCUT2D eigenvalue weighted by molar-refractivity contribution is 0.102. The van der Waals surface area contributed by atoms with Crippen LogP contribution in [0.15, 0.2) is 48.5 Å². The number of aromatic nitrogens is 2. The van der Waals surface area contributed by atoms with Gasteiger partial charge in [-0.3, -0.25) is 10.1 Å². The molecule has 1 aliphatic heterocycles. The molecule has 0 radical (unpaired) electrons. The third kappa shape index (κ3) is 7.17. The summed E-state index contributed by atoms with van der Waals surface area (Å²) in [6.07, 6.45) is 0.932. The zero-order valence-corrected chi connectivity index (χ0v) is 23.9. The lowest BCUT2D eigenvalue weighted by Gasteiger charge is -2.34. The number of anilines is 3. The van der Waals surface area contributed by atoms with Crippen LogP contribution in [0.25, 0.3) is 0 Å². The van der Waals surface area contributed by atoms with Crippen LogP contribution in [-0.4, -0.2) is 67.0 Å². The van der Waals surface area contributed by atoms with E-state index in [1.165, 1.54) is 7.11 Å². The first kappa shape index (κ1) is 28.2. The molecule has 1 aliphatic rings. The predicted molar refractivity (Wildman–Crippen MR) is 156 cm³/mol. The number of carbonyl (C=O) groups excluding carboxylic acids is 2. The van der Waals surface area contributed by atoms with Gasteiger partial charge in [-0.05, 0) is 95.1 Å². The molecule has 9 heteroatoms. The molecule has 9 nitrogen and oxygen atoms in total. The van der Waals surface area contributed by atoms with E-state index in [0.717, 1.165) is 55.1 Å². The van der Waals surface area contributed by atoms with Crippen LogP contribution in [0, 0.1) is 6.92 Å². The van der Waals surface area contributed by atoms with Gasteiger partial charge in [-0.1, -0.05) is 6.07 Å². The van der Waals surface area contributed by atoms with E-state index in [1.54, 1.807) is 0 Å². The van der Waals surface area contributed by atoms with E-state index < -0.39 is 6.09 Å². The van der Waals surface area contributed by atoms with Crippen molar-refractivity contribution in [2.24, 2.45) is 0 Å². The van der Waals surface area contributed by atoms with Crippen LogP contribution in [-0.2, 0) is 23.1 Å². The fourth-order valence-electron chi connectivity index (χ4n) is 4.68. The van der Waals surface area contributed by atoms with Crippen LogP contribution >= 0.6 is 0 Å². The normalized spacial score (nSPS) is 14.3. The van der Waals surface area contributed by atoms with Crippen molar-refractivity contribution in [3.8, 4) is 0 Å². The van der Waals surface area contributed by atoms with Gasteiger partial charge in [0.1, 0.15) is 5.82 Å². The molecule has 2 amide bonds. The highest BCUT2D eigenvalue weighted by molar-refractivity contribution is 6.04. The van der Waals surface area contributed by atoms with Crippen molar-refractivity contribution in [3.63, 3.8) is 0 Å². The van der Waals surface area contributed by atoms with Gasteiger partial charge >= 0.3 is 6.09 Å². The molecule has 2 N–H and O–H groups in total. The minimum absolute atomic E-state index is 0.158. The Balaban J connectivity index is 1.46. The van der Waals surface area contributed by atoms with Gasteiger partial charge in [0.05, 0.1) is 18.3 Å². The molecule has 0 atom stereocenters. The van der Waals surface area contributed by atoms with Crippen LogP contribution < -0.4 is 15.5 Å². The molecule has 1 saturated heterocycles. The summed E-state index contributed by atoms with van der Waals surface area (Å²) in [5, 5.41) is 10.6. The molecule has 2 heterocycles. The molecule has 2 aromatic carbocycles. The molecule has 208 valence electrons. The Morgan fingerprint density at radius 1 is 0.949 bits per heavy atom. The van der Waals surface area contributed by atoms with Gasteiger partial charge in [-0.15, -0.1) is 0 Å². The number of aryl methyl sites for hydroxylation is 3. The molecular formula is C30H40N6O3. The highest BCUT2D eigenvalue weighted by atomic mass is 16.5. The standard InChI is InChI=1S/C30H40N6O3/c1-21-7-11-24(31-29(38)39-6)19-23(21)8-12-25-20-27(36(33-25)30(2,3)4)32-28(37)22-9-13-26(14-10-22)35-17-15-34(5)16-18-35/h7,9-11,13-14,19-20H,8,12,15-18H2,1-6H3,(H,31,38)(H,32,37). The Morgan fingerprint density at radius 2 is 1.64 bits per heavy atom. The number of benzene rings is 2. The first-order valence-electron chi connectivity index (χ1n) is 13.4. The van der Waals surface area contributed by atoms with Crippen molar-refractivity contribution in [3.05, 3.63) is 70.9 Å². The van der Waals surface area contributed by atoms with Crippen LogP contribution in [0.3, 0.4) is 0 Å². The van der Waals surface area contributed by atoms with E-state index in [-0.39, 0.29) is 11.4 Å². The maximum absolute atomic E-state index is 13.2. The summed E-state index contributed by atoms with van der Waals surface area (Å²) >= 11 is 0. The first-order chi connectivity index (χ1) is 18.5. The predicted octanol–water partition coefficient (Wildman–Crippen LogP) is 4.91. The Morgan fingerprint density at radius 3 is 2.28 bits per heavy atom. The van der Waals surface area contributed by atoms with Crippen LogP contribution in [0.2, 0.25) is 0 Å². The lowest BCUT2D eigenvalue weighted by atomic mass is 10.0. The van der Waals surface area contributed by atoms with Crippen LogP contribution in [0.1, 0.15) is 48.0 Å². The molecule has 0 bridgehead atoms. The average molecular weight is 533 g/mol. The summed E-state index contributed by atoms with van der Waals surface area (Å²) in [5.74, 6) is 0.512. The summed E-state index contributed by atoms with van der Waals surface area (Å²) in [4.78, 5) is 29.5. The number of hydrogen-bond donors (Lipinski definition) is 2. The number of nitrogens with one attached hydrogen (secondary N) is 2. The topological polar surface area (TPSA) is 91.7 Å². The minimum atomic E-state index is -0.497. The third-order valence-corrected chi connectivity index (χ3v) is 7.07. The van der Waals surface area contributed by atoms with Gasteiger partial charge in [0.15, 0.2) is 0 Å². The number of nitrogens with zero attached hydrogens (tertiary/aromatic N) is 4. The maximum Gasteiger partial charge on any atom is 0.411 e. The zero-order chi connectivity index (χ0) is 28.2. The molecule has 0 aliphatic carbocycles. The number of hydrogen-bond acceptors (Lipinski definition) is 6. The molecule has 3 aromatic rings. The highest BCUT2D eigenvalue weighted by Gasteiger charge is 2.22. The Kier molecular flexibility index (Phi) is 8.60. The number of methoxy groups -OCH3 is 1. The maximum atomic E-state index is 13.2. The van der Waals surface area contributed by atoms with Crippen molar-refractivity contribution < 1.29 is 14.3 Å². The van der Waals surface area contributed by atoms with Crippen LogP contribution in [0.5, 0.6) is 0 Å². The number of likely N-dealkylation sites (N-methyl/N-ethyl adjacent to an activating group) is 1. The third-order valence-electron chi connectivity index (χ3n) is 7.07. The van der Waals surface area contributed by atoms with Gasteiger partial charge in [-0.25, -0.2) is 9.48 Å². The Bertz CT molecular complexity index is 1300. The van der Waals surface area contributed by atoms with Gasteiger partial charge in [0.2, 0.25) is 0 Å². The fraction of sp³-hybridized carbons (Fsp3) is 0.433. The van der Waals surface area contributed by atoms with Crippen LogP contribution in [0.4, 0.5) is 22.0 Å². The Labute approximate surface area is 231 Å². The molecule has 0 spiro atoms. The van der Waals surface area contributed by atoms with E-state index in [9.17, 15) is 9.59 Å². The number of carbonyl (C=O) groups is 2. The molecule has 1 fully saturated rings. The quantitative estimate of drug-likeness (QED) is 0.449. The summed E-state index contributed by atoms with van der Waals surface area (Å²) in [5.41, 5.74) is 5.26. The van der Waals surface area contributed by atoms with Crippen molar-refractivity contribution >= 4 is 29.2 Å². The molecule has 0 unspecified atom stereocenters. The Hall–Kier alpha value is -3.85. The second kappa shape index (κ2) is 11.9. The average Bonchev–Trinajstić information content (AvgIpc) is 3.32. The number of amides is 2. The SMILES string of the molecule is COC(=O)Nc1ccc(C)c(CCc2cc(NC(=O)c3ccc(N4CCN(C)CC4)cc3)n(C(C)(C)C)n2)c1. The zero-order valence-electron chi connectivity index (χ0n) is 23.9. The summed E-state index contributed by atoms with van der Waals surface area (Å²) in [6.45, 7) is 12.3. The van der Waals surface area contributed by atoms with Crippen molar-refractivity contribution in [1.82, 2.24) is 14.7 Å². The summed E-state index contributed by atoms with van der Waals surface area (Å²) < 4.78 is 6.58. The van der Waals surface area contributed by atoms with E-state index in [1.807, 2.05) is 60.1 Å². The van der Waals surface area contributed by atoms with Crippen molar-refractivity contribution in [2.45, 2.75) is 46.1 Å². The minimum Gasteiger partial charge on any atom is -0.453 e. The molecule has 4 rings (SSSR count). The van der Waals surface area contributed by atoms with Crippen molar-refractivity contribution in [2.75, 3.05) is 55.9 Å². The fourth-order valence-corrected chi connectivity index (χ4v) is 4.68. The number of piperazine rings is 1. The molecule has 39 heavy (non-hydrogen) atoms. The second-order valence-electron chi connectivity index (χ2n) is 11.2. The summed E-state index contributed by atoms with van der Waals surface area (Å²) in [6, 6.07) is 15.6. The van der Waals surface area contributed by atoms with E-state index >= 15 is 0 Å². The van der Waals surface area contributed by atoms with Crippen molar-refractivity contribution in [1.29, 1.82) is 0 Å². The molecular weight excluding hydrogens is 492 g/mol. The van der Waals surface area contributed by atoms with E-state index in [4.69, 9.17) is 9.84 Å². The van der Waals surface area contributed by atoms with Gasteiger partial charge in [-0.2, -0.15) is 5.10 Å². The molecule has 0 saturated carbocycles. The van der Waals surface area contributed by atoms with Gasteiger partial charge < -0.3 is 19.9 Å². The van der Waals surface area contributed by atoms with E-state index in [2.05, 4.69) is 48.3 Å². The number of rotatable bonds is 7. The van der Waals surface area contributed by atoms with E-state index in [0.29, 0.717) is 23.5 Å². The van der Waals surface area contributed by atoms with Gasteiger partial charge in [0, 0.05) is 49.2 Å². The second-order valence-corrected chi connectivity index (χ2v) is 11.2. The highest BCUT2D eigenvalue weighted by Crippen LogP contribution is 2.25.